The van der Waals surface area contributed by atoms with Gasteiger partial charge in [0, 0.05) is 12.1 Å². The van der Waals surface area contributed by atoms with Gasteiger partial charge in [0.1, 0.15) is 15.8 Å². The van der Waals surface area contributed by atoms with Crippen LogP contribution in [0.4, 0.5) is 0 Å². The Hall–Kier alpha value is -1.33. The number of carboxylic acids is 1. The van der Waals surface area contributed by atoms with Gasteiger partial charge in [-0.2, -0.15) is 0 Å². The second-order valence-electron chi connectivity index (χ2n) is 4.41. The van der Waals surface area contributed by atoms with Crippen LogP contribution >= 0.6 is 23.2 Å². The predicted molar refractivity (Wildman–Crippen MR) is 72.7 cm³/mol. The largest absolute Gasteiger partial charge is 0.480 e. The van der Waals surface area contributed by atoms with Gasteiger partial charge in [-0.05, 0) is 32.9 Å². The summed E-state index contributed by atoms with van der Waals surface area (Å²) in [5.74, 6) is -1.55. The lowest BCUT2D eigenvalue weighted by atomic mass is 10.0. The van der Waals surface area contributed by atoms with Crippen molar-refractivity contribution in [3.8, 4) is 0 Å². The molecule has 0 unspecified atom stereocenters. The fraction of sp³-hybridized carbons (Fsp3) is 0.417. The van der Waals surface area contributed by atoms with Gasteiger partial charge in [-0.25, -0.2) is 9.78 Å². The van der Waals surface area contributed by atoms with E-state index in [4.69, 9.17) is 23.2 Å². The summed E-state index contributed by atoms with van der Waals surface area (Å²) >= 11 is 11.5. The Labute approximate surface area is 121 Å². The number of halogens is 2. The molecule has 0 bridgehead atoms. The number of pyridine rings is 1. The first-order valence-corrected chi connectivity index (χ1v) is 6.34. The maximum absolute atomic E-state index is 12.3. The van der Waals surface area contributed by atoms with Gasteiger partial charge < -0.3 is 10.0 Å². The van der Waals surface area contributed by atoms with E-state index in [0.29, 0.717) is 0 Å². The molecule has 7 heteroatoms. The van der Waals surface area contributed by atoms with Gasteiger partial charge in [-0.1, -0.05) is 23.2 Å². The molecule has 1 amide bonds. The molecule has 0 aliphatic heterocycles. The van der Waals surface area contributed by atoms with Gasteiger partial charge >= 0.3 is 5.97 Å². The molecule has 0 saturated carbocycles. The van der Waals surface area contributed by atoms with Crippen LogP contribution in [0.1, 0.15) is 31.1 Å². The minimum absolute atomic E-state index is 0.0834. The van der Waals surface area contributed by atoms with Crippen LogP contribution in [0.3, 0.4) is 0 Å². The van der Waals surface area contributed by atoms with Gasteiger partial charge in [0.15, 0.2) is 0 Å². The predicted octanol–water partition coefficient (Wildman–Crippen LogP) is 2.71. The Morgan fingerprint density at radius 3 is 2.16 bits per heavy atom. The highest BCUT2D eigenvalue weighted by Crippen LogP contribution is 2.21. The minimum Gasteiger partial charge on any atom is -0.480 e. The summed E-state index contributed by atoms with van der Waals surface area (Å²) in [6.45, 7) is 4.87. The fourth-order valence-electron chi connectivity index (χ4n) is 1.65. The maximum atomic E-state index is 12.3. The van der Waals surface area contributed by atoms with E-state index in [1.54, 1.807) is 6.92 Å². The van der Waals surface area contributed by atoms with Crippen molar-refractivity contribution in [1.82, 2.24) is 9.88 Å². The van der Waals surface area contributed by atoms with Crippen LogP contribution in [0.2, 0.25) is 10.3 Å². The van der Waals surface area contributed by atoms with Gasteiger partial charge in [-0.15, -0.1) is 0 Å². The average Bonchev–Trinajstić information content (AvgIpc) is 2.27. The first-order chi connectivity index (χ1) is 8.70. The highest BCUT2D eigenvalue weighted by molar-refractivity contribution is 6.33. The van der Waals surface area contributed by atoms with E-state index in [0.717, 1.165) is 0 Å². The number of carbonyl (C=O) groups is 2. The highest BCUT2D eigenvalue weighted by atomic mass is 35.5. The lowest BCUT2D eigenvalue weighted by molar-refractivity contribution is -0.147. The molecule has 0 spiro atoms. The van der Waals surface area contributed by atoms with Gasteiger partial charge in [0.2, 0.25) is 0 Å². The summed E-state index contributed by atoms with van der Waals surface area (Å²) < 4.78 is 0. The van der Waals surface area contributed by atoms with E-state index in [-0.39, 0.29) is 22.4 Å². The molecule has 1 heterocycles. The second kappa shape index (κ2) is 5.75. The Morgan fingerprint density at radius 1 is 1.32 bits per heavy atom. The lowest BCUT2D eigenvalue weighted by Crippen LogP contribution is -2.52. The molecule has 0 saturated heterocycles. The van der Waals surface area contributed by atoms with Crippen molar-refractivity contribution in [3.63, 3.8) is 0 Å². The molecule has 0 radical (unpaired) electrons. The standard InChI is InChI=1S/C12H14Cl2N2O3/c1-4-16(12(2,3)11(18)19)10(17)7-5-8(13)15-9(14)6-7/h5-6H,4H2,1-3H3,(H,18,19). The summed E-state index contributed by atoms with van der Waals surface area (Å²) in [6, 6.07) is 2.71. The number of hydrogen-bond acceptors (Lipinski definition) is 3. The molecular formula is C12H14Cl2N2O3. The number of aliphatic carboxylic acids is 1. The minimum atomic E-state index is -1.33. The monoisotopic (exact) mass is 304 g/mol. The van der Waals surface area contributed by atoms with Crippen LogP contribution in [0.15, 0.2) is 12.1 Å². The molecule has 0 aliphatic rings. The first kappa shape index (κ1) is 15.7. The molecule has 1 N–H and O–H groups in total. The normalized spacial score (nSPS) is 11.2. The van der Waals surface area contributed by atoms with Crippen molar-refractivity contribution < 1.29 is 14.7 Å². The molecule has 1 aromatic rings. The quantitative estimate of drug-likeness (QED) is 0.868. The lowest BCUT2D eigenvalue weighted by Gasteiger charge is -2.34. The molecule has 1 aromatic heterocycles. The third-order valence-corrected chi connectivity index (χ3v) is 3.16. The summed E-state index contributed by atoms with van der Waals surface area (Å²) in [7, 11) is 0. The van der Waals surface area contributed by atoms with Crippen LogP contribution in [-0.2, 0) is 4.79 Å². The van der Waals surface area contributed by atoms with Crippen molar-refractivity contribution in [3.05, 3.63) is 28.0 Å². The zero-order valence-electron chi connectivity index (χ0n) is 10.8. The van der Waals surface area contributed by atoms with Gasteiger partial charge in [0.25, 0.3) is 5.91 Å². The zero-order chi connectivity index (χ0) is 14.8. The first-order valence-electron chi connectivity index (χ1n) is 5.58. The summed E-state index contributed by atoms with van der Waals surface area (Å²) in [5.41, 5.74) is -1.12. The third kappa shape index (κ3) is 3.36. The number of hydrogen-bond donors (Lipinski definition) is 1. The summed E-state index contributed by atoms with van der Waals surface area (Å²) in [4.78, 5) is 28.6. The van der Waals surface area contributed by atoms with Crippen LogP contribution < -0.4 is 0 Å². The molecule has 0 aliphatic carbocycles. The SMILES string of the molecule is CCN(C(=O)c1cc(Cl)nc(Cl)c1)C(C)(C)C(=O)O. The van der Waals surface area contributed by atoms with Crippen molar-refractivity contribution in [1.29, 1.82) is 0 Å². The Balaban J connectivity index is 3.19. The number of aromatic nitrogens is 1. The second-order valence-corrected chi connectivity index (χ2v) is 5.19. The smallest absolute Gasteiger partial charge is 0.329 e. The van der Waals surface area contributed by atoms with E-state index in [1.807, 2.05) is 0 Å². The maximum Gasteiger partial charge on any atom is 0.329 e. The average molecular weight is 305 g/mol. The Morgan fingerprint density at radius 2 is 1.79 bits per heavy atom. The van der Waals surface area contributed by atoms with Crippen LogP contribution in [0.25, 0.3) is 0 Å². The van der Waals surface area contributed by atoms with E-state index in [1.165, 1.54) is 30.9 Å². The number of nitrogens with zero attached hydrogens (tertiary/aromatic N) is 2. The molecule has 104 valence electrons. The van der Waals surface area contributed by atoms with Gasteiger partial charge in [-0.3, -0.25) is 4.79 Å². The number of carboxylic acid groups (broad SMARTS) is 1. The van der Waals surface area contributed by atoms with E-state index >= 15 is 0 Å². The molecule has 0 fully saturated rings. The number of amides is 1. The molecule has 1 rings (SSSR count). The zero-order valence-corrected chi connectivity index (χ0v) is 12.3. The molecule has 19 heavy (non-hydrogen) atoms. The van der Waals surface area contributed by atoms with E-state index in [2.05, 4.69) is 4.98 Å². The molecular weight excluding hydrogens is 291 g/mol. The Bertz CT molecular complexity index is 497. The third-order valence-electron chi connectivity index (χ3n) is 2.77. The molecule has 5 nitrogen and oxygen atoms in total. The summed E-state index contributed by atoms with van der Waals surface area (Å²) in [6.07, 6.45) is 0. The Kier molecular flexibility index (Phi) is 4.76. The number of likely N-dealkylation sites (N-methyl/N-ethyl adjacent to an activating group) is 1. The van der Waals surface area contributed by atoms with E-state index in [9.17, 15) is 14.7 Å². The van der Waals surface area contributed by atoms with Crippen LogP contribution in [-0.4, -0.2) is 39.0 Å². The topological polar surface area (TPSA) is 70.5 Å². The van der Waals surface area contributed by atoms with Crippen LogP contribution in [0, 0.1) is 0 Å². The number of carbonyl (C=O) groups excluding carboxylic acids is 1. The molecule has 0 aromatic carbocycles. The van der Waals surface area contributed by atoms with Crippen molar-refractivity contribution >= 4 is 35.1 Å². The fourth-order valence-corrected chi connectivity index (χ4v) is 2.11. The van der Waals surface area contributed by atoms with Crippen LogP contribution in [0.5, 0.6) is 0 Å². The molecule has 0 atom stereocenters. The van der Waals surface area contributed by atoms with Crippen molar-refractivity contribution in [2.75, 3.05) is 6.54 Å². The van der Waals surface area contributed by atoms with Gasteiger partial charge in [0.05, 0.1) is 0 Å². The van der Waals surface area contributed by atoms with Crippen molar-refractivity contribution in [2.45, 2.75) is 26.3 Å². The number of rotatable bonds is 4. The summed E-state index contributed by atoms with van der Waals surface area (Å²) in [5, 5.41) is 9.36. The van der Waals surface area contributed by atoms with E-state index < -0.39 is 17.4 Å². The highest BCUT2D eigenvalue weighted by Gasteiger charge is 2.37. The van der Waals surface area contributed by atoms with Crippen molar-refractivity contribution in [2.24, 2.45) is 0 Å².